The molecule has 0 saturated heterocycles. The molecule has 0 radical (unpaired) electrons. The number of alkyl halides is 3. The van der Waals surface area contributed by atoms with E-state index in [1.807, 2.05) is 6.07 Å². The van der Waals surface area contributed by atoms with Gasteiger partial charge in [0.1, 0.15) is 12.6 Å². The predicted molar refractivity (Wildman–Crippen MR) is 88.6 cm³/mol. The van der Waals surface area contributed by atoms with Gasteiger partial charge < -0.3 is 31.1 Å². The normalized spacial score (nSPS) is 14.0. The van der Waals surface area contributed by atoms with Gasteiger partial charge in [0.05, 0.1) is 12.7 Å². The summed E-state index contributed by atoms with van der Waals surface area (Å²) in [6.07, 6.45) is -6.23. The maximum Gasteiger partial charge on any atom is 0.490 e. The van der Waals surface area contributed by atoms with Crippen LogP contribution in [0.5, 0.6) is 0 Å². The van der Waals surface area contributed by atoms with E-state index >= 15 is 0 Å². The van der Waals surface area contributed by atoms with Crippen LogP contribution in [-0.4, -0.2) is 64.1 Å². The number of aliphatic hydroxyl groups is 2. The number of rotatable bonds is 7. The standard InChI is InChI=1S/C14H20N2O5.C2HF3O2/c1-9(18)12(16-13(19)11(15)7-17)14(20)21-8-10-5-3-2-4-6-10;3-2(4,5)1(6)7/h2-6,9,11-12,17-18H,7-8,15H2,1H3,(H,16,19);(H,6,7)/t9-,11+,12+;/m1./s1. The molecule has 0 aliphatic heterocycles. The molecule has 0 bridgehead atoms. The number of carbonyl (C=O) groups is 3. The summed E-state index contributed by atoms with van der Waals surface area (Å²) in [5.41, 5.74) is 6.12. The van der Waals surface area contributed by atoms with E-state index in [0.29, 0.717) is 0 Å². The van der Waals surface area contributed by atoms with Crippen molar-refractivity contribution in [3.05, 3.63) is 35.9 Å². The van der Waals surface area contributed by atoms with Gasteiger partial charge in [-0.05, 0) is 12.5 Å². The third-order valence-electron chi connectivity index (χ3n) is 3.03. The van der Waals surface area contributed by atoms with Crippen LogP contribution in [0.15, 0.2) is 30.3 Å². The van der Waals surface area contributed by atoms with Crippen LogP contribution in [0.2, 0.25) is 0 Å². The summed E-state index contributed by atoms with van der Waals surface area (Å²) in [6, 6.07) is 6.61. The highest BCUT2D eigenvalue weighted by atomic mass is 19.4. The summed E-state index contributed by atoms with van der Waals surface area (Å²) < 4.78 is 36.8. The highest BCUT2D eigenvalue weighted by molar-refractivity contribution is 5.87. The van der Waals surface area contributed by atoms with Crippen molar-refractivity contribution in [3.8, 4) is 0 Å². The number of benzene rings is 1. The lowest BCUT2D eigenvalue weighted by molar-refractivity contribution is -0.192. The van der Waals surface area contributed by atoms with Crippen LogP contribution in [0.1, 0.15) is 12.5 Å². The number of ether oxygens (including phenoxy) is 1. The Morgan fingerprint density at radius 1 is 1.21 bits per heavy atom. The molecule has 0 aromatic heterocycles. The van der Waals surface area contributed by atoms with Crippen molar-refractivity contribution >= 4 is 17.8 Å². The number of nitrogens with two attached hydrogens (primary N) is 1. The van der Waals surface area contributed by atoms with Crippen LogP contribution in [0.3, 0.4) is 0 Å². The Kier molecular flexibility index (Phi) is 10.7. The van der Waals surface area contributed by atoms with Gasteiger partial charge in [0.15, 0.2) is 6.04 Å². The van der Waals surface area contributed by atoms with Crippen molar-refractivity contribution in [2.45, 2.75) is 37.9 Å². The van der Waals surface area contributed by atoms with Gasteiger partial charge in [0.25, 0.3) is 0 Å². The first kappa shape index (κ1) is 25.3. The Bertz CT molecular complexity index is 639. The van der Waals surface area contributed by atoms with Gasteiger partial charge in [-0.25, -0.2) is 9.59 Å². The lowest BCUT2D eigenvalue weighted by atomic mass is 10.1. The minimum Gasteiger partial charge on any atom is -0.475 e. The molecule has 3 atom stereocenters. The third-order valence-corrected chi connectivity index (χ3v) is 3.03. The van der Waals surface area contributed by atoms with Crippen LogP contribution >= 0.6 is 0 Å². The Balaban J connectivity index is 0.000000887. The fourth-order valence-electron chi connectivity index (χ4n) is 1.54. The fourth-order valence-corrected chi connectivity index (χ4v) is 1.54. The molecule has 0 saturated carbocycles. The van der Waals surface area contributed by atoms with Crippen molar-refractivity contribution in [1.82, 2.24) is 5.32 Å². The number of aliphatic hydroxyl groups excluding tert-OH is 2. The summed E-state index contributed by atoms with van der Waals surface area (Å²) in [5, 5.41) is 27.7. The van der Waals surface area contributed by atoms with Crippen LogP contribution in [-0.2, 0) is 25.7 Å². The highest BCUT2D eigenvalue weighted by Crippen LogP contribution is 2.13. The molecule has 0 aliphatic carbocycles. The second-order valence-corrected chi connectivity index (χ2v) is 5.41. The minimum absolute atomic E-state index is 0.0326. The van der Waals surface area contributed by atoms with Crippen molar-refractivity contribution in [2.24, 2.45) is 5.73 Å². The van der Waals surface area contributed by atoms with Crippen molar-refractivity contribution in [2.75, 3.05) is 6.61 Å². The van der Waals surface area contributed by atoms with E-state index in [-0.39, 0.29) is 6.61 Å². The minimum atomic E-state index is -5.08. The summed E-state index contributed by atoms with van der Waals surface area (Å²) in [7, 11) is 0. The molecule has 1 amide bonds. The summed E-state index contributed by atoms with van der Waals surface area (Å²) >= 11 is 0. The molecule has 0 aliphatic rings. The zero-order valence-electron chi connectivity index (χ0n) is 14.7. The molecule has 28 heavy (non-hydrogen) atoms. The number of hydrogen-bond acceptors (Lipinski definition) is 7. The van der Waals surface area contributed by atoms with E-state index < -0.39 is 48.8 Å². The van der Waals surface area contributed by atoms with E-state index in [9.17, 15) is 27.9 Å². The van der Waals surface area contributed by atoms with Gasteiger partial charge in [-0.2, -0.15) is 13.2 Å². The molecule has 0 unspecified atom stereocenters. The largest absolute Gasteiger partial charge is 0.490 e. The van der Waals surface area contributed by atoms with Gasteiger partial charge >= 0.3 is 18.1 Å². The molecular formula is C16H21F3N2O7. The third kappa shape index (κ3) is 9.85. The molecular weight excluding hydrogens is 389 g/mol. The van der Waals surface area contributed by atoms with Gasteiger partial charge in [0.2, 0.25) is 5.91 Å². The number of esters is 1. The van der Waals surface area contributed by atoms with E-state index in [0.717, 1.165) is 5.56 Å². The topological polar surface area (TPSA) is 159 Å². The van der Waals surface area contributed by atoms with Gasteiger partial charge in [-0.3, -0.25) is 4.79 Å². The SMILES string of the molecule is C[C@@H](O)[C@H](NC(=O)[C@@H](N)CO)C(=O)OCc1ccccc1.O=C(O)C(F)(F)F. The van der Waals surface area contributed by atoms with Crippen molar-refractivity contribution in [1.29, 1.82) is 0 Å². The number of halogens is 3. The van der Waals surface area contributed by atoms with Gasteiger partial charge in [0, 0.05) is 0 Å². The Labute approximate surface area is 157 Å². The van der Waals surface area contributed by atoms with Crippen molar-refractivity contribution < 1.29 is 47.6 Å². The second-order valence-electron chi connectivity index (χ2n) is 5.41. The van der Waals surface area contributed by atoms with Crippen molar-refractivity contribution in [3.63, 3.8) is 0 Å². The lowest BCUT2D eigenvalue weighted by Crippen LogP contribution is -2.54. The van der Waals surface area contributed by atoms with Crippen LogP contribution in [0.25, 0.3) is 0 Å². The molecule has 1 rings (SSSR count). The number of nitrogens with one attached hydrogen (secondary N) is 1. The Morgan fingerprint density at radius 3 is 2.11 bits per heavy atom. The Morgan fingerprint density at radius 2 is 1.71 bits per heavy atom. The number of carboxylic acids is 1. The van der Waals surface area contributed by atoms with E-state index in [4.69, 9.17) is 25.5 Å². The summed E-state index contributed by atoms with van der Waals surface area (Å²) in [6.45, 7) is 0.821. The first-order chi connectivity index (χ1) is 12.9. The lowest BCUT2D eigenvalue weighted by Gasteiger charge is -2.21. The van der Waals surface area contributed by atoms with E-state index in [2.05, 4.69) is 5.32 Å². The van der Waals surface area contributed by atoms with E-state index in [1.165, 1.54) is 6.92 Å². The van der Waals surface area contributed by atoms with Gasteiger partial charge in [-0.15, -0.1) is 0 Å². The second kappa shape index (κ2) is 11.9. The van der Waals surface area contributed by atoms with Crippen LogP contribution < -0.4 is 11.1 Å². The number of aliphatic carboxylic acids is 1. The van der Waals surface area contributed by atoms with Crippen LogP contribution in [0, 0.1) is 0 Å². The molecule has 0 fully saturated rings. The molecule has 0 heterocycles. The fraction of sp³-hybridized carbons (Fsp3) is 0.438. The Hall–Kier alpha value is -2.70. The molecule has 158 valence electrons. The maximum absolute atomic E-state index is 11.9. The predicted octanol–water partition coefficient (Wildman–Crippen LogP) is -0.452. The average Bonchev–Trinajstić information content (AvgIpc) is 2.63. The van der Waals surface area contributed by atoms with E-state index in [1.54, 1.807) is 24.3 Å². The molecule has 0 spiro atoms. The number of carbonyl (C=O) groups excluding carboxylic acids is 2. The highest BCUT2D eigenvalue weighted by Gasteiger charge is 2.38. The molecule has 9 nitrogen and oxygen atoms in total. The molecule has 1 aromatic rings. The maximum atomic E-state index is 11.9. The summed E-state index contributed by atoms with van der Waals surface area (Å²) in [5.74, 6) is -4.26. The number of amides is 1. The zero-order chi connectivity index (χ0) is 21.9. The first-order valence-electron chi connectivity index (χ1n) is 7.75. The average molecular weight is 410 g/mol. The van der Waals surface area contributed by atoms with Gasteiger partial charge in [-0.1, -0.05) is 30.3 Å². The number of carboxylic acid groups (broad SMARTS) is 1. The van der Waals surface area contributed by atoms with Crippen LogP contribution in [0.4, 0.5) is 13.2 Å². The molecule has 12 heteroatoms. The monoisotopic (exact) mass is 410 g/mol. The first-order valence-corrected chi connectivity index (χ1v) is 7.75. The molecule has 6 N–H and O–H groups in total. The molecule has 1 aromatic carbocycles. The smallest absolute Gasteiger partial charge is 0.475 e. The summed E-state index contributed by atoms with van der Waals surface area (Å²) in [4.78, 5) is 32.4. The quantitative estimate of drug-likeness (QED) is 0.378. The zero-order valence-corrected chi connectivity index (χ0v) is 14.7. The number of hydrogen-bond donors (Lipinski definition) is 5.